The van der Waals surface area contributed by atoms with Crippen LogP contribution in [-0.2, 0) is 4.74 Å². The highest BCUT2D eigenvalue weighted by Gasteiger charge is 2.56. The first kappa shape index (κ1) is 14.5. The first-order chi connectivity index (χ1) is 10.5. The van der Waals surface area contributed by atoms with Crippen molar-refractivity contribution >= 4 is 16.9 Å². The van der Waals surface area contributed by atoms with Gasteiger partial charge in [0.15, 0.2) is 12.4 Å². The number of hydrogen-bond acceptors (Lipinski definition) is 7. The molecular formula is C11H12FN7O3. The van der Waals surface area contributed by atoms with Crippen LogP contribution >= 0.6 is 0 Å². The van der Waals surface area contributed by atoms with Crippen molar-refractivity contribution in [3.05, 3.63) is 29.0 Å². The highest BCUT2D eigenvalue weighted by Crippen LogP contribution is 2.41. The second-order valence-corrected chi connectivity index (χ2v) is 4.81. The van der Waals surface area contributed by atoms with Crippen molar-refractivity contribution in [2.45, 2.75) is 24.2 Å². The van der Waals surface area contributed by atoms with Gasteiger partial charge in [0.25, 0.3) is 0 Å². The SMILES string of the molecule is [N-]=[N+]=N[C@]1(CO)OC(n2ccc3c(N)ncnc32)[C@@H](F)[C@@H]1O. The highest BCUT2D eigenvalue weighted by molar-refractivity contribution is 5.86. The van der Waals surface area contributed by atoms with Gasteiger partial charge in [-0.1, -0.05) is 5.11 Å². The molecule has 22 heavy (non-hydrogen) atoms. The van der Waals surface area contributed by atoms with Crippen LogP contribution in [0.4, 0.5) is 10.2 Å². The van der Waals surface area contributed by atoms with Gasteiger partial charge in [-0.3, -0.25) is 0 Å². The number of halogens is 1. The third-order valence-corrected chi connectivity index (χ3v) is 3.62. The molecule has 3 rings (SSSR count). The predicted octanol–water partition coefficient (Wildman–Crippen LogP) is 0.240. The summed E-state index contributed by atoms with van der Waals surface area (Å²) in [5.41, 5.74) is 12.4. The molecule has 116 valence electrons. The summed E-state index contributed by atoms with van der Waals surface area (Å²) in [6.07, 6.45) is -2.43. The van der Waals surface area contributed by atoms with Crippen molar-refractivity contribution in [2.24, 2.45) is 5.11 Å². The minimum absolute atomic E-state index is 0.209. The Labute approximate surface area is 122 Å². The molecule has 0 amide bonds. The molecule has 0 radical (unpaired) electrons. The lowest BCUT2D eigenvalue weighted by Crippen LogP contribution is -2.43. The van der Waals surface area contributed by atoms with Crippen molar-refractivity contribution in [3.8, 4) is 0 Å². The maximum absolute atomic E-state index is 14.4. The molecule has 0 spiro atoms. The Morgan fingerprint density at radius 1 is 1.59 bits per heavy atom. The monoisotopic (exact) mass is 309 g/mol. The number of aliphatic hydroxyl groups is 2. The summed E-state index contributed by atoms with van der Waals surface area (Å²) in [6, 6.07) is 1.57. The Balaban J connectivity index is 2.08. The highest BCUT2D eigenvalue weighted by atomic mass is 19.1. The Kier molecular flexibility index (Phi) is 3.34. The van der Waals surface area contributed by atoms with Crippen molar-refractivity contribution in [1.29, 1.82) is 0 Å². The van der Waals surface area contributed by atoms with E-state index in [0.29, 0.717) is 11.0 Å². The lowest BCUT2D eigenvalue weighted by molar-refractivity contribution is -0.122. The molecule has 2 aromatic rings. The maximum atomic E-state index is 14.4. The van der Waals surface area contributed by atoms with Gasteiger partial charge >= 0.3 is 0 Å². The fraction of sp³-hybridized carbons (Fsp3) is 0.455. The largest absolute Gasteiger partial charge is 0.393 e. The molecule has 1 unspecified atom stereocenters. The van der Waals surface area contributed by atoms with Gasteiger partial charge in [0, 0.05) is 11.1 Å². The van der Waals surface area contributed by atoms with Gasteiger partial charge in [0.1, 0.15) is 23.9 Å². The molecule has 4 N–H and O–H groups in total. The van der Waals surface area contributed by atoms with Crippen LogP contribution in [0.15, 0.2) is 23.7 Å². The van der Waals surface area contributed by atoms with E-state index in [2.05, 4.69) is 20.0 Å². The zero-order chi connectivity index (χ0) is 15.9. The number of azide groups is 1. The number of aromatic nitrogens is 3. The summed E-state index contributed by atoms with van der Waals surface area (Å²) in [6.45, 7) is -0.870. The molecule has 1 aliphatic rings. The number of nitrogen functional groups attached to an aromatic ring is 1. The molecular weight excluding hydrogens is 297 g/mol. The molecule has 2 aromatic heterocycles. The summed E-state index contributed by atoms with van der Waals surface area (Å²) in [5, 5.41) is 23.0. The van der Waals surface area contributed by atoms with Crippen LogP contribution in [0.25, 0.3) is 21.5 Å². The third-order valence-electron chi connectivity index (χ3n) is 3.62. The minimum Gasteiger partial charge on any atom is -0.393 e. The van der Waals surface area contributed by atoms with Gasteiger partial charge in [0.2, 0.25) is 5.72 Å². The fourth-order valence-electron chi connectivity index (χ4n) is 2.48. The number of rotatable bonds is 3. The van der Waals surface area contributed by atoms with E-state index >= 15 is 0 Å². The fourth-order valence-corrected chi connectivity index (χ4v) is 2.48. The zero-order valence-corrected chi connectivity index (χ0v) is 11.1. The van der Waals surface area contributed by atoms with Crippen molar-refractivity contribution in [3.63, 3.8) is 0 Å². The molecule has 10 nitrogen and oxygen atoms in total. The molecule has 3 heterocycles. The number of fused-ring (bicyclic) bond motifs is 1. The van der Waals surface area contributed by atoms with E-state index in [0.717, 1.165) is 0 Å². The second kappa shape index (κ2) is 5.07. The molecule has 1 fully saturated rings. The topological polar surface area (TPSA) is 155 Å². The van der Waals surface area contributed by atoms with Gasteiger partial charge in [0.05, 0.1) is 12.0 Å². The average Bonchev–Trinajstić information content (AvgIpc) is 3.04. The second-order valence-electron chi connectivity index (χ2n) is 4.81. The number of hydrogen-bond donors (Lipinski definition) is 3. The molecule has 4 atom stereocenters. The molecule has 1 saturated heterocycles. The van der Waals surface area contributed by atoms with Crippen LogP contribution in [0.2, 0.25) is 0 Å². The van der Waals surface area contributed by atoms with Crippen LogP contribution in [0.1, 0.15) is 6.23 Å². The number of ether oxygens (including phenoxy) is 1. The first-order valence-electron chi connectivity index (χ1n) is 6.28. The number of alkyl halides is 1. The number of anilines is 1. The van der Waals surface area contributed by atoms with Crippen molar-refractivity contribution in [2.75, 3.05) is 12.3 Å². The summed E-state index contributed by atoms with van der Waals surface area (Å²) in [5.74, 6) is 0.209. The van der Waals surface area contributed by atoms with E-state index in [1.165, 1.54) is 17.1 Å². The summed E-state index contributed by atoms with van der Waals surface area (Å²) >= 11 is 0. The smallest absolute Gasteiger partial charge is 0.201 e. The van der Waals surface area contributed by atoms with Crippen molar-refractivity contribution in [1.82, 2.24) is 14.5 Å². The van der Waals surface area contributed by atoms with Gasteiger partial charge in [-0.25, -0.2) is 14.4 Å². The van der Waals surface area contributed by atoms with E-state index in [1.807, 2.05) is 0 Å². The van der Waals surface area contributed by atoms with Crippen molar-refractivity contribution < 1.29 is 19.3 Å². The standard InChI is InChI=1S/C11H12FN7O3/c12-6-7(21)11(3-20,17-18-14)22-10(6)19-2-1-5-8(13)15-4-16-9(5)19/h1-2,4,6-7,10,20-21H,3H2,(H2,13,15,16)/t6-,7-,10?,11+/m0/s1. The maximum Gasteiger partial charge on any atom is 0.201 e. The average molecular weight is 309 g/mol. The molecule has 0 aliphatic carbocycles. The molecule has 0 aromatic carbocycles. The minimum atomic E-state index is -2.09. The first-order valence-corrected chi connectivity index (χ1v) is 6.28. The Morgan fingerprint density at radius 3 is 3.05 bits per heavy atom. The van der Waals surface area contributed by atoms with Crippen LogP contribution in [0, 0.1) is 0 Å². The van der Waals surface area contributed by atoms with E-state index in [9.17, 15) is 14.6 Å². The molecule has 11 heteroatoms. The number of nitrogens with two attached hydrogens (primary N) is 1. The molecule has 0 bridgehead atoms. The molecule has 0 saturated carbocycles. The summed E-state index contributed by atoms with van der Waals surface area (Å²) in [7, 11) is 0. The van der Waals surface area contributed by atoms with Crippen LogP contribution in [0.3, 0.4) is 0 Å². The van der Waals surface area contributed by atoms with Crippen LogP contribution in [0.5, 0.6) is 0 Å². The van der Waals surface area contributed by atoms with Gasteiger partial charge < -0.3 is 25.3 Å². The van der Waals surface area contributed by atoms with Gasteiger partial charge in [-0.05, 0) is 11.6 Å². The number of aliphatic hydroxyl groups excluding tert-OH is 2. The van der Waals surface area contributed by atoms with E-state index in [1.54, 1.807) is 6.07 Å². The van der Waals surface area contributed by atoms with Crippen LogP contribution in [-0.4, -0.2) is 49.4 Å². The molecule has 1 aliphatic heterocycles. The van der Waals surface area contributed by atoms with E-state index in [4.69, 9.17) is 16.0 Å². The van der Waals surface area contributed by atoms with Gasteiger partial charge in [-0.2, -0.15) is 0 Å². The Bertz CT molecular complexity index is 761. The normalized spacial score (nSPS) is 31.3. The van der Waals surface area contributed by atoms with E-state index < -0.39 is 30.8 Å². The van der Waals surface area contributed by atoms with Crippen LogP contribution < -0.4 is 5.73 Å². The lowest BCUT2D eigenvalue weighted by atomic mass is 10.1. The summed E-state index contributed by atoms with van der Waals surface area (Å²) < 4.78 is 21.0. The van der Waals surface area contributed by atoms with E-state index in [-0.39, 0.29) is 5.82 Å². The number of nitrogens with zero attached hydrogens (tertiary/aromatic N) is 6. The summed E-state index contributed by atoms with van der Waals surface area (Å²) in [4.78, 5) is 10.3. The zero-order valence-electron chi connectivity index (χ0n) is 11.1. The Hall–Kier alpha value is -2.46. The predicted molar refractivity (Wildman–Crippen MR) is 71.9 cm³/mol. The third kappa shape index (κ3) is 1.88. The quantitative estimate of drug-likeness (QED) is 0.419. The Morgan fingerprint density at radius 2 is 2.36 bits per heavy atom. The van der Waals surface area contributed by atoms with Gasteiger partial charge in [-0.15, -0.1) is 0 Å². The lowest BCUT2D eigenvalue weighted by Gasteiger charge is -2.23.